The van der Waals surface area contributed by atoms with Crippen molar-refractivity contribution in [3.63, 3.8) is 0 Å². The Balaban J connectivity index is 3.21. The first kappa shape index (κ1) is 13.2. The number of ether oxygens (including phenoxy) is 1. The van der Waals surface area contributed by atoms with E-state index in [-0.39, 0.29) is 0 Å². The van der Waals surface area contributed by atoms with E-state index >= 15 is 0 Å². The molecule has 1 N–H and O–H groups in total. The van der Waals surface area contributed by atoms with E-state index < -0.39 is 0 Å². The monoisotopic (exact) mass is 207 g/mol. The van der Waals surface area contributed by atoms with Crippen LogP contribution in [-0.2, 0) is 4.74 Å². The van der Waals surface area contributed by atoms with Crippen LogP contribution in [0.4, 0.5) is 0 Å². The summed E-state index contributed by atoms with van der Waals surface area (Å²) in [6.45, 7) is 9.04. The highest BCUT2D eigenvalue weighted by molar-refractivity contribution is 6.18. The molecule has 0 aromatic carbocycles. The average Bonchev–Trinajstić information content (AvgIpc) is 2.16. The van der Waals surface area contributed by atoms with Gasteiger partial charge in [0.2, 0.25) is 0 Å². The van der Waals surface area contributed by atoms with Crippen LogP contribution in [0.25, 0.3) is 0 Å². The molecule has 0 amide bonds. The zero-order valence-corrected chi connectivity index (χ0v) is 9.73. The smallest absolute Gasteiger partial charge is 0.0477 e. The topological polar surface area (TPSA) is 21.3 Å². The third-order valence-electron chi connectivity index (χ3n) is 2.23. The van der Waals surface area contributed by atoms with Gasteiger partial charge in [0.05, 0.1) is 0 Å². The molecule has 0 aromatic heterocycles. The summed E-state index contributed by atoms with van der Waals surface area (Å²) in [4.78, 5) is 0. The Morgan fingerprint density at radius 3 is 2.62 bits per heavy atom. The van der Waals surface area contributed by atoms with Crippen LogP contribution in [0.15, 0.2) is 0 Å². The molecule has 0 aromatic rings. The van der Waals surface area contributed by atoms with Crippen molar-refractivity contribution < 1.29 is 4.74 Å². The minimum atomic E-state index is 0.499. The first-order valence-electron chi connectivity index (χ1n) is 5.09. The molecule has 0 aliphatic heterocycles. The van der Waals surface area contributed by atoms with Crippen molar-refractivity contribution >= 4 is 11.6 Å². The normalized spacial score (nSPS) is 15.7. The minimum Gasteiger partial charge on any atom is -0.382 e. The molecule has 0 radical (unpaired) electrons. The van der Waals surface area contributed by atoms with E-state index in [0.29, 0.717) is 12.0 Å². The Bertz CT molecular complexity index is 111. The molecule has 80 valence electrons. The standard InChI is InChI=1S/C10H22ClNO/c1-4-13-7-5-6-12-10(3)9(2)8-11/h9-10,12H,4-8H2,1-3H3. The highest BCUT2D eigenvalue weighted by Crippen LogP contribution is 2.03. The molecule has 13 heavy (non-hydrogen) atoms. The SMILES string of the molecule is CCOCCCNC(C)C(C)CCl. The van der Waals surface area contributed by atoms with Gasteiger partial charge in [-0.2, -0.15) is 0 Å². The second-order valence-electron chi connectivity index (χ2n) is 3.42. The molecule has 0 saturated heterocycles. The number of halogens is 1. The summed E-state index contributed by atoms with van der Waals surface area (Å²) < 4.78 is 5.24. The molecule has 0 aliphatic carbocycles. The summed E-state index contributed by atoms with van der Waals surface area (Å²) in [5.41, 5.74) is 0. The molecule has 0 bridgehead atoms. The number of alkyl halides is 1. The summed E-state index contributed by atoms with van der Waals surface area (Å²) in [7, 11) is 0. The summed E-state index contributed by atoms with van der Waals surface area (Å²) >= 11 is 5.74. The third kappa shape index (κ3) is 7.29. The van der Waals surface area contributed by atoms with E-state index in [2.05, 4.69) is 19.2 Å². The highest BCUT2D eigenvalue weighted by atomic mass is 35.5. The molecule has 0 rings (SSSR count). The fourth-order valence-electron chi connectivity index (χ4n) is 0.983. The summed E-state index contributed by atoms with van der Waals surface area (Å²) in [6.07, 6.45) is 1.08. The molecule has 3 heteroatoms. The lowest BCUT2D eigenvalue weighted by atomic mass is 10.1. The Labute approximate surface area is 87.0 Å². The van der Waals surface area contributed by atoms with Crippen LogP contribution < -0.4 is 5.32 Å². The molecule has 2 nitrogen and oxygen atoms in total. The van der Waals surface area contributed by atoms with Gasteiger partial charge in [0.25, 0.3) is 0 Å². The molecule has 0 heterocycles. The molecular formula is C10H22ClNO. The van der Waals surface area contributed by atoms with Gasteiger partial charge in [-0.3, -0.25) is 0 Å². The van der Waals surface area contributed by atoms with Gasteiger partial charge in [-0.25, -0.2) is 0 Å². The van der Waals surface area contributed by atoms with E-state index in [1.54, 1.807) is 0 Å². The van der Waals surface area contributed by atoms with Gasteiger partial charge in [-0.05, 0) is 32.7 Å². The van der Waals surface area contributed by atoms with E-state index in [9.17, 15) is 0 Å². The molecular weight excluding hydrogens is 186 g/mol. The second-order valence-corrected chi connectivity index (χ2v) is 3.73. The lowest BCUT2D eigenvalue weighted by Crippen LogP contribution is -2.34. The van der Waals surface area contributed by atoms with Gasteiger partial charge in [0.15, 0.2) is 0 Å². The van der Waals surface area contributed by atoms with Gasteiger partial charge in [-0.1, -0.05) is 6.92 Å². The van der Waals surface area contributed by atoms with Crippen molar-refractivity contribution in [1.82, 2.24) is 5.32 Å². The molecule has 0 aliphatic rings. The number of rotatable bonds is 8. The largest absolute Gasteiger partial charge is 0.382 e. The van der Waals surface area contributed by atoms with E-state index in [1.807, 2.05) is 6.92 Å². The van der Waals surface area contributed by atoms with Crippen molar-refractivity contribution in [3.8, 4) is 0 Å². The maximum atomic E-state index is 5.74. The molecule has 0 saturated carbocycles. The van der Waals surface area contributed by atoms with Crippen LogP contribution in [0.3, 0.4) is 0 Å². The molecule has 2 atom stereocenters. The van der Waals surface area contributed by atoms with Crippen LogP contribution >= 0.6 is 11.6 Å². The minimum absolute atomic E-state index is 0.499. The second kappa shape index (κ2) is 8.79. The van der Waals surface area contributed by atoms with Crippen LogP contribution in [0.1, 0.15) is 27.2 Å². The lowest BCUT2D eigenvalue weighted by molar-refractivity contribution is 0.143. The fourth-order valence-corrected chi connectivity index (χ4v) is 1.25. The lowest BCUT2D eigenvalue weighted by Gasteiger charge is -2.18. The maximum Gasteiger partial charge on any atom is 0.0477 e. The van der Waals surface area contributed by atoms with Crippen molar-refractivity contribution in [2.24, 2.45) is 5.92 Å². The summed E-state index contributed by atoms with van der Waals surface area (Å²) in [6, 6.07) is 0.499. The first-order chi connectivity index (χ1) is 6.22. The quantitative estimate of drug-likeness (QED) is 0.487. The van der Waals surface area contributed by atoms with Crippen molar-refractivity contribution in [3.05, 3.63) is 0 Å². The molecule has 2 unspecified atom stereocenters. The molecule has 0 spiro atoms. The van der Waals surface area contributed by atoms with Gasteiger partial charge in [0, 0.05) is 25.1 Å². The Hall–Kier alpha value is 0.210. The van der Waals surface area contributed by atoms with Crippen molar-refractivity contribution in [2.75, 3.05) is 25.6 Å². The third-order valence-corrected chi connectivity index (χ3v) is 2.72. The summed E-state index contributed by atoms with van der Waals surface area (Å²) in [5, 5.41) is 3.43. The van der Waals surface area contributed by atoms with E-state index in [4.69, 9.17) is 16.3 Å². The van der Waals surface area contributed by atoms with Gasteiger partial charge < -0.3 is 10.1 Å². The first-order valence-corrected chi connectivity index (χ1v) is 5.62. The number of hydrogen-bond acceptors (Lipinski definition) is 2. The van der Waals surface area contributed by atoms with Crippen molar-refractivity contribution in [1.29, 1.82) is 0 Å². The van der Waals surface area contributed by atoms with Gasteiger partial charge >= 0.3 is 0 Å². The van der Waals surface area contributed by atoms with E-state index in [1.165, 1.54) is 0 Å². The molecule has 0 fully saturated rings. The summed E-state index contributed by atoms with van der Waals surface area (Å²) in [5.74, 6) is 1.26. The van der Waals surface area contributed by atoms with Gasteiger partial charge in [0.1, 0.15) is 0 Å². The highest BCUT2D eigenvalue weighted by Gasteiger charge is 2.08. The number of hydrogen-bond donors (Lipinski definition) is 1. The predicted molar refractivity (Wildman–Crippen MR) is 58.5 cm³/mol. The van der Waals surface area contributed by atoms with E-state index in [0.717, 1.165) is 32.1 Å². The van der Waals surface area contributed by atoms with Gasteiger partial charge in [-0.15, -0.1) is 11.6 Å². The maximum absolute atomic E-state index is 5.74. The zero-order chi connectivity index (χ0) is 10.1. The van der Waals surface area contributed by atoms with Crippen LogP contribution in [0.2, 0.25) is 0 Å². The fraction of sp³-hybridized carbons (Fsp3) is 1.00. The number of nitrogens with one attached hydrogen (secondary N) is 1. The average molecular weight is 208 g/mol. The van der Waals surface area contributed by atoms with Crippen molar-refractivity contribution in [2.45, 2.75) is 33.2 Å². The Morgan fingerprint density at radius 1 is 1.38 bits per heavy atom. The predicted octanol–water partition coefficient (Wildman–Crippen LogP) is 2.27. The Kier molecular flexibility index (Phi) is 8.93. The Morgan fingerprint density at radius 2 is 2.08 bits per heavy atom. The van der Waals surface area contributed by atoms with Crippen LogP contribution in [0, 0.1) is 5.92 Å². The zero-order valence-electron chi connectivity index (χ0n) is 8.98. The van der Waals surface area contributed by atoms with Crippen LogP contribution in [-0.4, -0.2) is 31.7 Å². The van der Waals surface area contributed by atoms with Crippen LogP contribution in [0.5, 0.6) is 0 Å².